The molecular weight excluding hydrogens is 430 g/mol. The fraction of sp³-hybridized carbons (Fsp3) is 0.304. The second-order valence-electron chi connectivity index (χ2n) is 7.53. The summed E-state index contributed by atoms with van der Waals surface area (Å²) in [5.74, 6) is 4.47. The zero-order valence-corrected chi connectivity index (χ0v) is 18.2. The molecule has 0 radical (unpaired) electrons. The number of aryl methyl sites for hydroxylation is 1. The maximum Gasteiger partial charge on any atom is 0.332 e. The summed E-state index contributed by atoms with van der Waals surface area (Å²) >= 11 is 0. The molecule has 0 aliphatic carbocycles. The average Bonchev–Trinajstić information content (AvgIpc) is 3.43. The van der Waals surface area contributed by atoms with E-state index in [9.17, 15) is 18.4 Å². The van der Waals surface area contributed by atoms with Crippen molar-refractivity contribution in [2.75, 3.05) is 0 Å². The first-order valence-corrected chi connectivity index (χ1v) is 10.6. The molecular formula is C23H22F2N6O2. The van der Waals surface area contributed by atoms with Crippen molar-refractivity contribution in [3.63, 3.8) is 0 Å². The molecule has 0 bridgehead atoms. The maximum atomic E-state index is 13.7. The van der Waals surface area contributed by atoms with Crippen LogP contribution in [0.1, 0.15) is 32.3 Å². The highest BCUT2D eigenvalue weighted by Gasteiger charge is 2.18. The molecule has 0 atom stereocenters. The lowest BCUT2D eigenvalue weighted by Crippen LogP contribution is -2.40. The van der Waals surface area contributed by atoms with E-state index in [0.717, 1.165) is 12.1 Å². The third kappa shape index (κ3) is 4.35. The van der Waals surface area contributed by atoms with Crippen molar-refractivity contribution in [2.45, 2.75) is 46.3 Å². The van der Waals surface area contributed by atoms with Gasteiger partial charge in [-0.25, -0.2) is 18.6 Å². The smallest absolute Gasteiger partial charge is 0.332 e. The van der Waals surface area contributed by atoms with E-state index in [1.807, 2.05) is 13.8 Å². The maximum absolute atomic E-state index is 13.7. The van der Waals surface area contributed by atoms with Crippen LogP contribution >= 0.6 is 0 Å². The summed E-state index contributed by atoms with van der Waals surface area (Å²) in [7, 11) is 0. The third-order valence-corrected chi connectivity index (χ3v) is 5.06. The van der Waals surface area contributed by atoms with Crippen molar-refractivity contribution in [3.05, 3.63) is 68.6 Å². The quantitative estimate of drug-likeness (QED) is 0.456. The molecule has 170 valence electrons. The number of H-pyrrole nitrogens is 1. The topological polar surface area (TPSA) is 90.5 Å². The molecule has 4 aromatic rings. The van der Waals surface area contributed by atoms with Crippen molar-refractivity contribution in [1.29, 1.82) is 0 Å². The van der Waals surface area contributed by atoms with Crippen LogP contribution in [0, 0.1) is 23.5 Å². The highest BCUT2D eigenvalue weighted by molar-refractivity contribution is 5.75. The minimum absolute atomic E-state index is 0.0957. The van der Waals surface area contributed by atoms with Crippen molar-refractivity contribution < 1.29 is 8.78 Å². The van der Waals surface area contributed by atoms with E-state index in [4.69, 9.17) is 0 Å². The van der Waals surface area contributed by atoms with E-state index in [1.54, 1.807) is 12.4 Å². The Bertz CT molecular complexity index is 1500. The van der Waals surface area contributed by atoms with Crippen molar-refractivity contribution in [1.82, 2.24) is 28.9 Å². The zero-order valence-electron chi connectivity index (χ0n) is 18.2. The van der Waals surface area contributed by atoms with Gasteiger partial charge < -0.3 is 4.98 Å². The summed E-state index contributed by atoms with van der Waals surface area (Å²) in [5, 5.41) is 4.22. The first-order chi connectivity index (χ1) is 15.9. The van der Waals surface area contributed by atoms with Crippen LogP contribution in [0.2, 0.25) is 0 Å². The molecule has 3 aromatic heterocycles. The van der Waals surface area contributed by atoms with Gasteiger partial charge in [0.2, 0.25) is 0 Å². The summed E-state index contributed by atoms with van der Waals surface area (Å²) in [6.45, 7) is 4.79. The van der Waals surface area contributed by atoms with E-state index in [0.29, 0.717) is 43.0 Å². The highest BCUT2D eigenvalue weighted by Crippen LogP contribution is 2.18. The number of aromatic nitrogens is 6. The lowest BCUT2D eigenvalue weighted by molar-refractivity contribution is 0.555. The van der Waals surface area contributed by atoms with Crippen LogP contribution in [0.5, 0.6) is 0 Å². The Morgan fingerprint density at radius 1 is 1.09 bits per heavy atom. The molecule has 0 saturated heterocycles. The van der Waals surface area contributed by atoms with Gasteiger partial charge in [-0.1, -0.05) is 25.7 Å². The molecule has 1 aromatic carbocycles. The van der Waals surface area contributed by atoms with Gasteiger partial charge in [0.05, 0.1) is 17.3 Å². The number of nitrogens with zero attached hydrogens (tertiary/aromatic N) is 5. The van der Waals surface area contributed by atoms with Gasteiger partial charge in [0.1, 0.15) is 29.5 Å². The second-order valence-corrected chi connectivity index (χ2v) is 7.53. The summed E-state index contributed by atoms with van der Waals surface area (Å²) < 4.78 is 31.0. The second kappa shape index (κ2) is 9.24. The Labute approximate surface area is 187 Å². The molecule has 0 spiro atoms. The highest BCUT2D eigenvalue weighted by atomic mass is 19.1. The number of hydrogen-bond donors (Lipinski definition) is 1. The molecule has 10 heteroatoms. The van der Waals surface area contributed by atoms with Crippen LogP contribution in [0.15, 0.2) is 40.2 Å². The van der Waals surface area contributed by atoms with Gasteiger partial charge in [0, 0.05) is 25.4 Å². The van der Waals surface area contributed by atoms with E-state index in [-0.39, 0.29) is 23.3 Å². The molecule has 0 fully saturated rings. The Morgan fingerprint density at radius 3 is 2.58 bits per heavy atom. The van der Waals surface area contributed by atoms with Crippen LogP contribution in [0.4, 0.5) is 8.78 Å². The first-order valence-electron chi connectivity index (χ1n) is 10.6. The largest absolute Gasteiger partial charge is 0.332 e. The summed E-state index contributed by atoms with van der Waals surface area (Å²) in [5.41, 5.74) is 0.520. The number of imidazole rings is 1. The zero-order chi connectivity index (χ0) is 23.5. The molecule has 4 rings (SSSR count). The Balaban J connectivity index is 1.66. The molecule has 33 heavy (non-hydrogen) atoms. The Hall–Kier alpha value is -4.00. The molecule has 0 saturated carbocycles. The Morgan fingerprint density at radius 2 is 1.85 bits per heavy atom. The van der Waals surface area contributed by atoms with Gasteiger partial charge in [-0.05, 0) is 25.0 Å². The van der Waals surface area contributed by atoms with Crippen LogP contribution in [-0.2, 0) is 19.6 Å². The summed E-state index contributed by atoms with van der Waals surface area (Å²) in [6.07, 6.45) is 4.61. The number of aromatic amines is 1. The lowest BCUT2D eigenvalue weighted by Gasteiger charge is -2.09. The first kappa shape index (κ1) is 22.2. The number of nitrogens with one attached hydrogen (secondary N) is 1. The molecule has 0 unspecified atom stereocenters. The van der Waals surface area contributed by atoms with Gasteiger partial charge >= 0.3 is 5.69 Å². The monoisotopic (exact) mass is 452 g/mol. The normalized spacial score (nSPS) is 11.0. The number of halogens is 2. The van der Waals surface area contributed by atoms with E-state index in [2.05, 4.69) is 26.9 Å². The molecule has 3 heterocycles. The van der Waals surface area contributed by atoms with Crippen molar-refractivity contribution in [2.24, 2.45) is 0 Å². The fourth-order valence-corrected chi connectivity index (χ4v) is 3.53. The summed E-state index contributed by atoms with van der Waals surface area (Å²) in [6, 6.07) is 3.21. The van der Waals surface area contributed by atoms with Gasteiger partial charge in [-0.15, -0.1) is 0 Å². The predicted molar refractivity (Wildman–Crippen MR) is 120 cm³/mol. The van der Waals surface area contributed by atoms with E-state index in [1.165, 1.54) is 19.9 Å². The lowest BCUT2D eigenvalue weighted by atomic mass is 10.2. The number of hydrogen-bond acceptors (Lipinski definition) is 4. The standard InChI is InChI=1S/C23H22F2N6O2/c1-3-9-30-21-19(22(32)31(10-4-2)23(30)33)27-20(28-21)16-13-26-29(14-16)11-5-6-15-7-8-17(24)12-18(15)25/h7-8,12-14H,3-4,9-11H2,1-2H3,(H,27,28). The van der Waals surface area contributed by atoms with Crippen LogP contribution < -0.4 is 11.2 Å². The molecule has 8 nitrogen and oxygen atoms in total. The van der Waals surface area contributed by atoms with E-state index >= 15 is 0 Å². The van der Waals surface area contributed by atoms with Gasteiger partial charge in [0.25, 0.3) is 5.56 Å². The third-order valence-electron chi connectivity index (χ3n) is 5.06. The molecule has 0 aliphatic heterocycles. The predicted octanol–water partition coefficient (Wildman–Crippen LogP) is 2.90. The number of benzene rings is 1. The average molecular weight is 452 g/mol. The van der Waals surface area contributed by atoms with Gasteiger partial charge in [-0.2, -0.15) is 5.10 Å². The van der Waals surface area contributed by atoms with E-state index < -0.39 is 17.2 Å². The van der Waals surface area contributed by atoms with Gasteiger partial charge in [0.15, 0.2) is 5.65 Å². The SMILES string of the molecule is CCCn1c(=O)c2[nH]c(-c3cnn(CC#Cc4ccc(F)cc4F)c3)nc2n(CCC)c1=O. The molecule has 0 amide bonds. The Kier molecular flexibility index (Phi) is 6.22. The fourth-order valence-electron chi connectivity index (χ4n) is 3.53. The number of fused-ring (bicyclic) bond motifs is 1. The number of rotatable bonds is 6. The summed E-state index contributed by atoms with van der Waals surface area (Å²) in [4.78, 5) is 33.2. The van der Waals surface area contributed by atoms with Crippen LogP contribution in [0.3, 0.4) is 0 Å². The van der Waals surface area contributed by atoms with Gasteiger partial charge in [-0.3, -0.25) is 18.6 Å². The van der Waals surface area contributed by atoms with Crippen molar-refractivity contribution >= 4 is 11.2 Å². The molecule has 1 N–H and O–H groups in total. The molecule has 0 aliphatic rings. The van der Waals surface area contributed by atoms with Crippen molar-refractivity contribution in [3.8, 4) is 23.2 Å². The minimum atomic E-state index is -0.724. The van der Waals surface area contributed by atoms with Crippen LogP contribution in [0.25, 0.3) is 22.6 Å². The van der Waals surface area contributed by atoms with Crippen LogP contribution in [-0.4, -0.2) is 28.9 Å². The minimum Gasteiger partial charge on any atom is -0.332 e.